The lowest BCUT2D eigenvalue weighted by Gasteiger charge is -2.10. The number of nitrogens with zero attached hydrogens (tertiary/aromatic N) is 2. The van der Waals surface area contributed by atoms with Crippen molar-refractivity contribution in [1.82, 2.24) is 9.55 Å². The quantitative estimate of drug-likeness (QED) is 0.673. The van der Waals surface area contributed by atoms with Crippen molar-refractivity contribution < 1.29 is 0 Å². The highest BCUT2D eigenvalue weighted by molar-refractivity contribution is 4.78. The minimum absolute atomic E-state index is 0.479. The molecular formula is C7H13N3. The topological polar surface area (TPSA) is 43.8 Å². The van der Waals surface area contributed by atoms with Crippen molar-refractivity contribution in [1.29, 1.82) is 0 Å². The van der Waals surface area contributed by atoms with Crippen molar-refractivity contribution >= 4 is 0 Å². The zero-order chi connectivity index (χ0) is 7.40. The predicted molar refractivity (Wildman–Crippen MR) is 40.6 cm³/mol. The first-order chi connectivity index (χ1) is 4.84. The second kappa shape index (κ2) is 3.37. The highest BCUT2D eigenvalue weighted by Crippen LogP contribution is 2.06. The standard InChI is InChI=1S/C7H13N3/c1-7(2-3-8)10-5-4-9-6-10/h4-7H,2-3,8H2,1H3/t7-/m0/s1. The molecule has 0 aromatic carbocycles. The number of hydrogen-bond acceptors (Lipinski definition) is 2. The average Bonchev–Trinajstić information content (AvgIpc) is 2.38. The van der Waals surface area contributed by atoms with Crippen LogP contribution in [0.3, 0.4) is 0 Å². The van der Waals surface area contributed by atoms with Gasteiger partial charge in [-0.25, -0.2) is 4.98 Å². The molecule has 10 heavy (non-hydrogen) atoms. The Labute approximate surface area is 60.9 Å². The van der Waals surface area contributed by atoms with Crippen LogP contribution in [0.1, 0.15) is 19.4 Å². The largest absolute Gasteiger partial charge is 0.335 e. The van der Waals surface area contributed by atoms with Crippen molar-refractivity contribution in [3.8, 4) is 0 Å². The van der Waals surface area contributed by atoms with Crippen LogP contribution in [0.15, 0.2) is 18.7 Å². The molecule has 56 valence electrons. The van der Waals surface area contributed by atoms with E-state index >= 15 is 0 Å². The lowest BCUT2D eigenvalue weighted by molar-refractivity contribution is 0.513. The Morgan fingerprint density at radius 2 is 2.50 bits per heavy atom. The molecule has 3 nitrogen and oxygen atoms in total. The third-order valence-corrected chi connectivity index (χ3v) is 1.62. The molecule has 0 bridgehead atoms. The van der Waals surface area contributed by atoms with Gasteiger partial charge in [-0.3, -0.25) is 0 Å². The van der Waals surface area contributed by atoms with Crippen LogP contribution in [0.5, 0.6) is 0 Å². The molecule has 0 aliphatic rings. The highest BCUT2D eigenvalue weighted by Gasteiger charge is 1.99. The average molecular weight is 139 g/mol. The summed E-state index contributed by atoms with van der Waals surface area (Å²) in [6.45, 7) is 2.87. The first-order valence-electron chi connectivity index (χ1n) is 3.52. The fraction of sp³-hybridized carbons (Fsp3) is 0.571. The maximum atomic E-state index is 5.40. The van der Waals surface area contributed by atoms with Crippen molar-refractivity contribution in [2.75, 3.05) is 6.54 Å². The summed E-state index contributed by atoms with van der Waals surface area (Å²) in [7, 11) is 0. The Kier molecular flexibility index (Phi) is 2.45. The maximum Gasteiger partial charge on any atom is 0.0948 e. The molecule has 0 saturated heterocycles. The Bertz CT molecular complexity index is 169. The van der Waals surface area contributed by atoms with E-state index in [1.807, 2.05) is 12.5 Å². The highest BCUT2D eigenvalue weighted by atomic mass is 15.0. The van der Waals surface area contributed by atoms with E-state index in [1.165, 1.54) is 0 Å². The molecule has 1 atom stereocenters. The van der Waals surface area contributed by atoms with E-state index in [4.69, 9.17) is 5.73 Å². The molecule has 0 spiro atoms. The van der Waals surface area contributed by atoms with Crippen LogP contribution in [-0.4, -0.2) is 16.1 Å². The van der Waals surface area contributed by atoms with Gasteiger partial charge < -0.3 is 10.3 Å². The zero-order valence-corrected chi connectivity index (χ0v) is 6.20. The molecule has 1 heterocycles. The van der Waals surface area contributed by atoms with Crippen molar-refractivity contribution in [2.45, 2.75) is 19.4 Å². The smallest absolute Gasteiger partial charge is 0.0948 e. The van der Waals surface area contributed by atoms with Crippen LogP contribution in [-0.2, 0) is 0 Å². The van der Waals surface area contributed by atoms with E-state index in [1.54, 1.807) is 6.20 Å². The Balaban J connectivity index is 2.50. The van der Waals surface area contributed by atoms with E-state index in [9.17, 15) is 0 Å². The van der Waals surface area contributed by atoms with Gasteiger partial charge in [0.15, 0.2) is 0 Å². The molecule has 0 amide bonds. The van der Waals surface area contributed by atoms with Gasteiger partial charge >= 0.3 is 0 Å². The molecule has 1 aromatic heterocycles. The third-order valence-electron chi connectivity index (χ3n) is 1.62. The Morgan fingerprint density at radius 1 is 1.70 bits per heavy atom. The zero-order valence-electron chi connectivity index (χ0n) is 6.20. The third kappa shape index (κ3) is 1.57. The predicted octanol–water partition coefficient (Wildman–Crippen LogP) is 0.793. The molecule has 0 unspecified atom stereocenters. The summed E-state index contributed by atoms with van der Waals surface area (Å²) in [6, 6.07) is 0.479. The summed E-state index contributed by atoms with van der Waals surface area (Å²) in [6.07, 6.45) is 6.57. The summed E-state index contributed by atoms with van der Waals surface area (Å²) in [4.78, 5) is 3.95. The molecule has 0 fully saturated rings. The first kappa shape index (κ1) is 7.28. The molecule has 0 radical (unpaired) electrons. The molecule has 0 aliphatic carbocycles. The minimum atomic E-state index is 0.479. The number of imidazole rings is 1. The number of nitrogens with two attached hydrogens (primary N) is 1. The van der Waals surface area contributed by atoms with Gasteiger partial charge in [0, 0.05) is 18.4 Å². The van der Waals surface area contributed by atoms with E-state index in [0.29, 0.717) is 6.04 Å². The van der Waals surface area contributed by atoms with E-state index < -0.39 is 0 Å². The van der Waals surface area contributed by atoms with Crippen LogP contribution in [0, 0.1) is 0 Å². The molecule has 0 saturated carbocycles. The molecule has 1 aromatic rings. The summed E-state index contributed by atoms with van der Waals surface area (Å²) < 4.78 is 2.06. The van der Waals surface area contributed by atoms with Gasteiger partial charge in [0.2, 0.25) is 0 Å². The molecule has 0 aliphatic heterocycles. The summed E-state index contributed by atoms with van der Waals surface area (Å²) in [5, 5.41) is 0. The number of rotatable bonds is 3. The van der Waals surface area contributed by atoms with Gasteiger partial charge in [-0.2, -0.15) is 0 Å². The Morgan fingerprint density at radius 3 is 3.00 bits per heavy atom. The van der Waals surface area contributed by atoms with Gasteiger partial charge in [0.1, 0.15) is 0 Å². The van der Waals surface area contributed by atoms with Gasteiger partial charge in [-0.1, -0.05) is 0 Å². The van der Waals surface area contributed by atoms with Crippen LogP contribution in [0.4, 0.5) is 0 Å². The van der Waals surface area contributed by atoms with Crippen LogP contribution in [0.25, 0.3) is 0 Å². The van der Waals surface area contributed by atoms with E-state index in [0.717, 1.165) is 13.0 Å². The van der Waals surface area contributed by atoms with Crippen molar-refractivity contribution in [2.24, 2.45) is 5.73 Å². The molecule has 3 heteroatoms. The monoisotopic (exact) mass is 139 g/mol. The fourth-order valence-corrected chi connectivity index (χ4v) is 0.920. The minimum Gasteiger partial charge on any atom is -0.335 e. The second-order valence-corrected chi connectivity index (χ2v) is 2.44. The van der Waals surface area contributed by atoms with E-state index in [2.05, 4.69) is 16.5 Å². The van der Waals surface area contributed by atoms with Gasteiger partial charge in [0.05, 0.1) is 6.33 Å². The summed E-state index contributed by atoms with van der Waals surface area (Å²) in [5.74, 6) is 0. The van der Waals surface area contributed by atoms with Crippen LogP contribution in [0.2, 0.25) is 0 Å². The van der Waals surface area contributed by atoms with Gasteiger partial charge in [0.25, 0.3) is 0 Å². The molecule has 2 N–H and O–H groups in total. The van der Waals surface area contributed by atoms with E-state index in [-0.39, 0.29) is 0 Å². The van der Waals surface area contributed by atoms with Gasteiger partial charge in [-0.15, -0.1) is 0 Å². The fourth-order valence-electron chi connectivity index (χ4n) is 0.920. The number of aromatic nitrogens is 2. The van der Waals surface area contributed by atoms with Gasteiger partial charge in [-0.05, 0) is 19.9 Å². The Hall–Kier alpha value is -0.830. The van der Waals surface area contributed by atoms with Crippen LogP contribution >= 0.6 is 0 Å². The lowest BCUT2D eigenvalue weighted by Crippen LogP contribution is -2.09. The number of hydrogen-bond donors (Lipinski definition) is 1. The SMILES string of the molecule is C[C@@H](CCN)n1ccnc1. The van der Waals surface area contributed by atoms with Crippen molar-refractivity contribution in [3.63, 3.8) is 0 Å². The van der Waals surface area contributed by atoms with Crippen LogP contribution < -0.4 is 5.73 Å². The summed E-state index contributed by atoms with van der Waals surface area (Å²) >= 11 is 0. The van der Waals surface area contributed by atoms with Crippen molar-refractivity contribution in [3.05, 3.63) is 18.7 Å². The molecule has 1 rings (SSSR count). The summed E-state index contributed by atoms with van der Waals surface area (Å²) in [5.41, 5.74) is 5.40. The maximum absolute atomic E-state index is 5.40. The second-order valence-electron chi connectivity index (χ2n) is 2.44. The molecular weight excluding hydrogens is 126 g/mol. The first-order valence-corrected chi connectivity index (χ1v) is 3.52. The normalized spacial score (nSPS) is 13.4. The lowest BCUT2D eigenvalue weighted by atomic mass is 10.2.